The van der Waals surface area contributed by atoms with Crippen molar-refractivity contribution in [1.82, 2.24) is 4.90 Å². The van der Waals surface area contributed by atoms with Crippen LogP contribution >= 0.6 is 11.8 Å². The number of unbranched alkanes of at least 4 members (excludes halogenated alkanes) is 1. The second-order valence-electron chi connectivity index (χ2n) is 6.95. The van der Waals surface area contributed by atoms with Crippen LogP contribution in [0, 0.1) is 0 Å². The Kier molecular flexibility index (Phi) is 7.34. The van der Waals surface area contributed by atoms with Crippen LogP contribution in [0.4, 0.5) is 4.79 Å². The Morgan fingerprint density at radius 3 is 2.36 bits per heavy atom. The summed E-state index contributed by atoms with van der Waals surface area (Å²) in [6.45, 7) is 1.65. The van der Waals surface area contributed by atoms with Gasteiger partial charge in [0.2, 0.25) is 0 Å². The van der Waals surface area contributed by atoms with E-state index in [1.54, 1.807) is 0 Å². The van der Waals surface area contributed by atoms with Gasteiger partial charge in [-0.25, -0.2) is 9.59 Å². The first-order valence-corrected chi connectivity index (χ1v) is 10.6. The largest absolute Gasteiger partial charge is 0.478 e. The van der Waals surface area contributed by atoms with E-state index in [-0.39, 0.29) is 39.7 Å². The summed E-state index contributed by atoms with van der Waals surface area (Å²) in [5.74, 6) is -3.60. The lowest BCUT2D eigenvalue weighted by Gasteiger charge is -2.11. The minimum Gasteiger partial charge on any atom is -0.478 e. The molecule has 0 bridgehead atoms. The van der Waals surface area contributed by atoms with Crippen LogP contribution in [-0.2, 0) is 14.3 Å². The van der Waals surface area contributed by atoms with Gasteiger partial charge in [-0.3, -0.25) is 19.3 Å². The molecule has 1 aromatic carbocycles. The van der Waals surface area contributed by atoms with E-state index in [0.29, 0.717) is 18.2 Å². The number of esters is 1. The quantitative estimate of drug-likeness (QED) is 0.313. The summed E-state index contributed by atoms with van der Waals surface area (Å²) in [6, 6.07) is 6.51. The molecule has 0 radical (unpaired) electrons. The summed E-state index contributed by atoms with van der Waals surface area (Å²) in [5, 5.41) is 17.8. The highest BCUT2D eigenvalue weighted by Gasteiger charge is 2.37. The van der Waals surface area contributed by atoms with Crippen molar-refractivity contribution < 1.29 is 43.3 Å². The molecule has 0 aliphatic carbocycles. The number of aromatic carboxylic acids is 2. The van der Waals surface area contributed by atoms with Gasteiger partial charge in [-0.1, -0.05) is 13.3 Å². The van der Waals surface area contributed by atoms with Gasteiger partial charge in [-0.2, -0.15) is 0 Å². The zero-order valence-corrected chi connectivity index (χ0v) is 18.2. The third-order valence-corrected chi connectivity index (χ3v) is 5.44. The normalized spacial score (nSPS) is 14.7. The number of furan rings is 1. The fourth-order valence-electron chi connectivity index (χ4n) is 2.87. The van der Waals surface area contributed by atoms with E-state index in [4.69, 9.17) is 9.15 Å². The molecule has 1 aliphatic heterocycles. The average Bonchev–Trinajstić information content (AvgIpc) is 3.34. The van der Waals surface area contributed by atoms with E-state index >= 15 is 0 Å². The van der Waals surface area contributed by atoms with Crippen LogP contribution in [-0.4, -0.2) is 57.3 Å². The number of thioether (sulfide) groups is 1. The first-order chi connectivity index (χ1) is 15.7. The molecule has 0 saturated carbocycles. The van der Waals surface area contributed by atoms with Crippen LogP contribution in [0.5, 0.6) is 0 Å². The smallest absolute Gasteiger partial charge is 0.335 e. The summed E-state index contributed by atoms with van der Waals surface area (Å²) >= 11 is 0.640. The molecule has 1 aromatic heterocycles. The number of nitrogens with zero attached hydrogens (tertiary/aromatic N) is 1. The molecule has 33 heavy (non-hydrogen) atoms. The van der Waals surface area contributed by atoms with Gasteiger partial charge in [0.1, 0.15) is 18.1 Å². The van der Waals surface area contributed by atoms with Crippen LogP contribution in [0.3, 0.4) is 0 Å². The molecule has 2 N–H and O–H groups in total. The van der Waals surface area contributed by atoms with Crippen LogP contribution in [0.1, 0.15) is 46.2 Å². The number of hydrogen-bond donors (Lipinski definition) is 2. The number of carboxylic acids is 2. The second-order valence-corrected chi connectivity index (χ2v) is 7.95. The van der Waals surface area contributed by atoms with Crippen molar-refractivity contribution in [2.24, 2.45) is 0 Å². The van der Waals surface area contributed by atoms with Crippen molar-refractivity contribution in [3.8, 4) is 11.3 Å². The third kappa shape index (κ3) is 5.69. The summed E-state index contributed by atoms with van der Waals surface area (Å²) < 4.78 is 10.6. The second kappa shape index (κ2) is 10.2. The van der Waals surface area contributed by atoms with Gasteiger partial charge < -0.3 is 19.4 Å². The topological polar surface area (TPSA) is 151 Å². The average molecular weight is 473 g/mol. The van der Waals surface area contributed by atoms with Crippen molar-refractivity contribution in [3.63, 3.8) is 0 Å². The van der Waals surface area contributed by atoms with Gasteiger partial charge in [0.05, 0.1) is 22.6 Å². The molecule has 2 aromatic rings. The predicted molar refractivity (Wildman–Crippen MR) is 117 cm³/mol. The number of carbonyl (C=O) groups excluding carboxylic acids is 3. The molecule has 1 aliphatic rings. The molecule has 10 nitrogen and oxygen atoms in total. The SMILES string of the molecule is CCCCOC(=O)CN1C(=O)S/C(=C/c2ccc(-c3cc(C(=O)O)cc(C(=O)O)c3)o2)C1=O. The number of benzene rings is 1. The van der Waals surface area contributed by atoms with Gasteiger partial charge in [0.15, 0.2) is 0 Å². The fourth-order valence-corrected chi connectivity index (χ4v) is 3.69. The first-order valence-electron chi connectivity index (χ1n) is 9.82. The highest BCUT2D eigenvalue weighted by Crippen LogP contribution is 2.33. The zero-order chi connectivity index (χ0) is 24.1. The van der Waals surface area contributed by atoms with Crippen molar-refractivity contribution >= 4 is 46.9 Å². The Bertz CT molecular complexity index is 1130. The molecule has 3 rings (SSSR count). The van der Waals surface area contributed by atoms with Crippen LogP contribution < -0.4 is 0 Å². The van der Waals surface area contributed by atoms with E-state index in [1.165, 1.54) is 30.3 Å². The maximum atomic E-state index is 12.5. The van der Waals surface area contributed by atoms with Gasteiger partial charge >= 0.3 is 17.9 Å². The Morgan fingerprint density at radius 2 is 1.76 bits per heavy atom. The molecular formula is C22H19NO9S. The van der Waals surface area contributed by atoms with Gasteiger partial charge in [-0.15, -0.1) is 0 Å². The minimum absolute atomic E-state index is 0.0350. The summed E-state index contributed by atoms with van der Waals surface area (Å²) in [5.41, 5.74) is -0.237. The molecule has 0 atom stereocenters. The summed E-state index contributed by atoms with van der Waals surface area (Å²) in [7, 11) is 0. The molecule has 2 amide bonds. The molecule has 2 heterocycles. The van der Waals surface area contributed by atoms with Crippen LogP contribution in [0.25, 0.3) is 17.4 Å². The maximum Gasteiger partial charge on any atom is 0.335 e. The number of amides is 2. The number of imide groups is 1. The number of ether oxygens (including phenoxy) is 1. The predicted octanol–water partition coefficient (Wildman–Crippen LogP) is 3.72. The number of hydrogen-bond acceptors (Lipinski definition) is 8. The lowest BCUT2D eigenvalue weighted by molar-refractivity contribution is -0.146. The summed E-state index contributed by atoms with van der Waals surface area (Å²) in [4.78, 5) is 60.0. The Balaban J connectivity index is 1.79. The monoisotopic (exact) mass is 473 g/mol. The zero-order valence-electron chi connectivity index (χ0n) is 17.4. The Morgan fingerprint density at radius 1 is 1.09 bits per heavy atom. The molecule has 1 saturated heterocycles. The van der Waals surface area contributed by atoms with Crippen molar-refractivity contribution in [3.05, 3.63) is 52.1 Å². The summed E-state index contributed by atoms with van der Waals surface area (Å²) in [6.07, 6.45) is 2.83. The van der Waals surface area contributed by atoms with Crippen LogP contribution in [0.15, 0.2) is 39.7 Å². The van der Waals surface area contributed by atoms with Gasteiger partial charge in [-0.05, 0) is 48.5 Å². The standard InChI is InChI=1S/C22H19NO9S/c1-2-3-6-31-18(24)11-23-19(25)17(33-22(23)30)10-15-4-5-16(32-15)12-7-13(20(26)27)9-14(8-12)21(28)29/h4-5,7-10H,2-3,6,11H2,1H3,(H,26,27)(H,28,29)/b17-10+. The van der Waals surface area contributed by atoms with E-state index in [9.17, 15) is 34.2 Å². The Labute approximate surface area is 191 Å². The van der Waals surface area contributed by atoms with E-state index < -0.39 is 35.6 Å². The molecule has 0 unspecified atom stereocenters. The molecule has 172 valence electrons. The number of carboxylic acid groups (broad SMARTS) is 2. The molecule has 11 heteroatoms. The fraction of sp³-hybridized carbons (Fsp3) is 0.227. The highest BCUT2D eigenvalue weighted by molar-refractivity contribution is 8.18. The minimum atomic E-state index is -1.30. The third-order valence-electron chi connectivity index (χ3n) is 4.53. The van der Waals surface area contributed by atoms with Crippen molar-refractivity contribution in [2.45, 2.75) is 19.8 Å². The van der Waals surface area contributed by atoms with E-state index in [0.717, 1.165) is 17.4 Å². The lowest BCUT2D eigenvalue weighted by Crippen LogP contribution is -2.34. The lowest BCUT2D eigenvalue weighted by atomic mass is 10.0. The molecule has 1 fully saturated rings. The maximum absolute atomic E-state index is 12.5. The van der Waals surface area contributed by atoms with E-state index in [1.807, 2.05) is 6.92 Å². The number of rotatable bonds is 9. The van der Waals surface area contributed by atoms with Gasteiger partial charge in [0, 0.05) is 11.6 Å². The molecular weight excluding hydrogens is 454 g/mol. The van der Waals surface area contributed by atoms with Gasteiger partial charge in [0.25, 0.3) is 11.1 Å². The Hall–Kier alpha value is -3.86. The van der Waals surface area contributed by atoms with E-state index in [2.05, 4.69) is 0 Å². The highest BCUT2D eigenvalue weighted by atomic mass is 32.2. The van der Waals surface area contributed by atoms with Crippen molar-refractivity contribution in [1.29, 1.82) is 0 Å². The molecule has 0 spiro atoms. The van der Waals surface area contributed by atoms with Crippen LogP contribution in [0.2, 0.25) is 0 Å². The van der Waals surface area contributed by atoms with Crippen molar-refractivity contribution in [2.75, 3.05) is 13.2 Å². The first kappa shape index (κ1) is 23.8. The number of carbonyl (C=O) groups is 5.